The number of hydrogen-bond acceptors (Lipinski definition) is 6. The van der Waals surface area contributed by atoms with Gasteiger partial charge in [0, 0.05) is 35.9 Å². The van der Waals surface area contributed by atoms with Gasteiger partial charge in [0.15, 0.2) is 0 Å². The molecule has 0 unspecified atom stereocenters. The van der Waals surface area contributed by atoms with Crippen LogP contribution >= 0.6 is 0 Å². The van der Waals surface area contributed by atoms with Crippen molar-refractivity contribution in [1.29, 1.82) is 0 Å². The number of ether oxygens (including phenoxy) is 2. The number of nitrogens with zero attached hydrogens (tertiary/aromatic N) is 2. The molecule has 0 aliphatic rings. The van der Waals surface area contributed by atoms with E-state index in [0.717, 1.165) is 46.3 Å². The summed E-state index contributed by atoms with van der Waals surface area (Å²) in [6.45, 7) is 0.961. The summed E-state index contributed by atoms with van der Waals surface area (Å²) >= 11 is 0. The van der Waals surface area contributed by atoms with E-state index in [1.807, 2.05) is 72.8 Å². The second-order valence-corrected chi connectivity index (χ2v) is 7.35. The highest BCUT2D eigenvalue weighted by Gasteiger charge is 2.01. The number of hydrogen-bond donors (Lipinski definition) is 0. The van der Waals surface area contributed by atoms with Crippen molar-refractivity contribution in [2.24, 2.45) is 0 Å². The maximum absolute atomic E-state index is 10.3. The third-order valence-electron chi connectivity index (χ3n) is 4.83. The van der Waals surface area contributed by atoms with Crippen LogP contribution in [0.3, 0.4) is 0 Å². The van der Waals surface area contributed by atoms with Crippen LogP contribution in [0.2, 0.25) is 0 Å². The smallest absolute Gasteiger partial charge is 0.142 e. The molecule has 6 nitrogen and oxygen atoms in total. The van der Waals surface area contributed by atoms with Gasteiger partial charge >= 0.3 is 0 Å². The van der Waals surface area contributed by atoms with Crippen LogP contribution in [0.25, 0.3) is 12.2 Å². The van der Waals surface area contributed by atoms with Crippen molar-refractivity contribution < 1.29 is 19.1 Å². The number of aldehydes is 2. The van der Waals surface area contributed by atoms with Gasteiger partial charge in [0.05, 0.1) is 0 Å². The van der Waals surface area contributed by atoms with Crippen LogP contribution in [0.5, 0.6) is 11.5 Å². The van der Waals surface area contributed by atoms with Gasteiger partial charge in [0.1, 0.15) is 37.3 Å². The largest absolute Gasteiger partial charge is 0.488 e. The first-order valence-corrected chi connectivity index (χ1v) is 11.3. The van der Waals surface area contributed by atoms with Crippen LogP contribution in [0.15, 0.2) is 110 Å². The Bertz CT molecular complexity index is 1170. The fourth-order valence-corrected chi connectivity index (χ4v) is 3.07. The molecule has 0 saturated heterocycles. The first-order chi connectivity index (χ1) is 17.8. The standard InChI is InChI=1S/2C15H13NO2/c2*17-11-3-5-14-4-1-2-6-15(14)18-12-13-7-9-16-10-8-13/h2*1-11H,12H2/b2*5-3+. The molecule has 4 rings (SSSR count). The van der Waals surface area contributed by atoms with Crippen molar-refractivity contribution >= 4 is 24.7 Å². The Morgan fingerprint density at radius 1 is 0.556 bits per heavy atom. The number of carbonyl (C=O) groups excluding carboxylic acids is 2. The minimum atomic E-state index is 0.481. The summed E-state index contributed by atoms with van der Waals surface area (Å²) in [5.41, 5.74) is 3.88. The SMILES string of the molecule is O=C/C=C/c1ccccc1OCc1ccncc1.O=C/C=C/c1ccccc1OCc1ccncc1. The Hall–Kier alpha value is -4.84. The van der Waals surface area contributed by atoms with Gasteiger partial charge in [-0.15, -0.1) is 0 Å². The van der Waals surface area contributed by atoms with Gasteiger partial charge in [-0.2, -0.15) is 0 Å². The third kappa shape index (κ3) is 8.83. The second-order valence-electron chi connectivity index (χ2n) is 7.35. The lowest BCUT2D eigenvalue weighted by Crippen LogP contribution is -1.96. The van der Waals surface area contributed by atoms with Crippen LogP contribution in [0.4, 0.5) is 0 Å². The lowest BCUT2D eigenvalue weighted by atomic mass is 10.2. The molecule has 0 amide bonds. The monoisotopic (exact) mass is 478 g/mol. The predicted molar refractivity (Wildman–Crippen MR) is 140 cm³/mol. The molecule has 0 N–H and O–H groups in total. The molecule has 0 bridgehead atoms. The lowest BCUT2D eigenvalue weighted by Gasteiger charge is -2.08. The Labute approximate surface area is 210 Å². The molecule has 0 fully saturated rings. The Balaban J connectivity index is 0.000000201. The molecule has 2 aromatic heterocycles. The van der Waals surface area contributed by atoms with Crippen molar-refractivity contribution in [3.63, 3.8) is 0 Å². The number of pyridine rings is 2. The molecule has 0 spiro atoms. The number of carbonyl (C=O) groups is 2. The molecule has 6 heteroatoms. The Morgan fingerprint density at radius 3 is 1.33 bits per heavy atom. The fraction of sp³-hybridized carbons (Fsp3) is 0.0667. The van der Waals surface area contributed by atoms with E-state index in [9.17, 15) is 9.59 Å². The highest BCUT2D eigenvalue weighted by atomic mass is 16.5. The van der Waals surface area contributed by atoms with E-state index in [-0.39, 0.29) is 0 Å². The number of benzene rings is 2. The summed E-state index contributed by atoms with van der Waals surface area (Å²) in [6.07, 6.45) is 14.8. The van der Waals surface area contributed by atoms with Gasteiger partial charge in [-0.25, -0.2) is 0 Å². The minimum absolute atomic E-state index is 0.481. The zero-order chi connectivity index (χ0) is 25.3. The molecule has 180 valence electrons. The Morgan fingerprint density at radius 2 is 0.944 bits per heavy atom. The minimum Gasteiger partial charge on any atom is -0.488 e. The van der Waals surface area contributed by atoms with E-state index in [1.165, 1.54) is 12.2 Å². The first-order valence-electron chi connectivity index (χ1n) is 11.3. The molecule has 0 saturated carbocycles. The summed E-state index contributed by atoms with van der Waals surface area (Å²) in [6, 6.07) is 22.8. The van der Waals surface area contributed by atoms with Crippen LogP contribution in [0.1, 0.15) is 22.3 Å². The average Bonchev–Trinajstić information content (AvgIpc) is 2.95. The molecule has 2 aromatic carbocycles. The van der Waals surface area contributed by atoms with E-state index in [4.69, 9.17) is 9.47 Å². The number of rotatable bonds is 10. The molecule has 0 atom stereocenters. The zero-order valence-electron chi connectivity index (χ0n) is 19.6. The van der Waals surface area contributed by atoms with E-state index >= 15 is 0 Å². The van der Waals surface area contributed by atoms with Gasteiger partial charge in [0.2, 0.25) is 0 Å². The normalized spacial score (nSPS) is 10.4. The van der Waals surface area contributed by atoms with Gasteiger partial charge in [0.25, 0.3) is 0 Å². The van der Waals surface area contributed by atoms with E-state index in [0.29, 0.717) is 13.2 Å². The van der Waals surface area contributed by atoms with Crippen molar-refractivity contribution in [1.82, 2.24) is 9.97 Å². The van der Waals surface area contributed by atoms with Gasteiger partial charge in [-0.05, 0) is 71.8 Å². The maximum atomic E-state index is 10.3. The highest BCUT2D eigenvalue weighted by Crippen LogP contribution is 2.21. The summed E-state index contributed by atoms with van der Waals surface area (Å²) in [7, 11) is 0. The molecule has 0 aliphatic carbocycles. The van der Waals surface area contributed by atoms with E-state index in [1.54, 1.807) is 36.9 Å². The van der Waals surface area contributed by atoms with Crippen molar-refractivity contribution in [3.8, 4) is 11.5 Å². The van der Waals surface area contributed by atoms with Gasteiger partial charge < -0.3 is 9.47 Å². The molecule has 0 aliphatic heterocycles. The van der Waals surface area contributed by atoms with Crippen molar-refractivity contribution in [2.75, 3.05) is 0 Å². The van der Waals surface area contributed by atoms with E-state index in [2.05, 4.69) is 9.97 Å². The number of allylic oxidation sites excluding steroid dienone is 2. The molecule has 0 radical (unpaired) electrons. The fourth-order valence-electron chi connectivity index (χ4n) is 3.07. The summed E-state index contributed by atoms with van der Waals surface area (Å²) in [5, 5.41) is 0. The molecule has 2 heterocycles. The molecule has 36 heavy (non-hydrogen) atoms. The van der Waals surface area contributed by atoms with E-state index < -0.39 is 0 Å². The average molecular weight is 479 g/mol. The summed E-state index contributed by atoms with van der Waals surface area (Å²) in [5.74, 6) is 1.51. The van der Waals surface area contributed by atoms with Crippen LogP contribution in [-0.2, 0) is 22.8 Å². The topological polar surface area (TPSA) is 78.4 Å². The highest BCUT2D eigenvalue weighted by molar-refractivity contribution is 5.75. The van der Waals surface area contributed by atoms with Gasteiger partial charge in [-0.1, -0.05) is 36.4 Å². The quantitative estimate of drug-likeness (QED) is 0.213. The van der Waals surface area contributed by atoms with Crippen LogP contribution in [0, 0.1) is 0 Å². The zero-order valence-corrected chi connectivity index (χ0v) is 19.6. The van der Waals surface area contributed by atoms with Gasteiger partial charge in [-0.3, -0.25) is 19.6 Å². The molecule has 4 aromatic rings. The second kappa shape index (κ2) is 15.1. The van der Waals surface area contributed by atoms with Crippen LogP contribution < -0.4 is 9.47 Å². The maximum Gasteiger partial charge on any atom is 0.142 e. The number of para-hydroxylation sites is 2. The predicted octanol–water partition coefficient (Wildman–Crippen LogP) is 5.75. The van der Waals surface area contributed by atoms with Crippen LogP contribution in [-0.4, -0.2) is 22.5 Å². The summed E-state index contributed by atoms with van der Waals surface area (Å²) in [4.78, 5) is 28.6. The third-order valence-corrected chi connectivity index (χ3v) is 4.83. The molecular formula is C30H26N2O4. The Kier molecular flexibility index (Phi) is 10.8. The number of aromatic nitrogens is 2. The molecular weight excluding hydrogens is 452 g/mol. The van der Waals surface area contributed by atoms with Crippen molar-refractivity contribution in [2.45, 2.75) is 13.2 Å². The summed E-state index contributed by atoms with van der Waals surface area (Å²) < 4.78 is 11.5. The first kappa shape index (κ1) is 25.8. The van der Waals surface area contributed by atoms with Crippen molar-refractivity contribution in [3.05, 3.63) is 132 Å². The lowest BCUT2D eigenvalue weighted by molar-refractivity contribution is -0.104.